The summed E-state index contributed by atoms with van der Waals surface area (Å²) in [6.07, 6.45) is 6.78. The maximum absolute atomic E-state index is 12.6. The van der Waals surface area contributed by atoms with Crippen molar-refractivity contribution in [2.75, 3.05) is 6.61 Å². The van der Waals surface area contributed by atoms with Gasteiger partial charge in [-0.1, -0.05) is 55.8 Å². The summed E-state index contributed by atoms with van der Waals surface area (Å²) < 4.78 is 5.23. The van der Waals surface area contributed by atoms with Crippen LogP contribution in [0.3, 0.4) is 0 Å². The standard InChI is InChI=1S/C19H24O3/c1-3-22-18(21)19(14-8-7-11-17(19)20)15(2)12-13-16-9-5-4-6-10-16/h4-6,9-10,12-13,15H,3,7-8,11,14H2,1-2H3/b13-12+/t15-,19-/m1/s1. The Balaban J connectivity index is 2.26. The van der Waals surface area contributed by atoms with Crippen LogP contribution in [0, 0.1) is 11.3 Å². The Morgan fingerprint density at radius 2 is 2.05 bits per heavy atom. The number of ketones is 1. The van der Waals surface area contributed by atoms with Crippen molar-refractivity contribution in [3.63, 3.8) is 0 Å². The van der Waals surface area contributed by atoms with E-state index in [9.17, 15) is 9.59 Å². The highest BCUT2D eigenvalue weighted by molar-refractivity contribution is 6.05. The third-order valence-corrected chi connectivity index (χ3v) is 4.52. The molecule has 1 aromatic carbocycles. The third-order valence-electron chi connectivity index (χ3n) is 4.52. The highest BCUT2D eigenvalue weighted by Crippen LogP contribution is 2.42. The molecule has 3 heteroatoms. The number of benzene rings is 1. The number of rotatable bonds is 5. The number of carbonyl (C=O) groups excluding carboxylic acids is 2. The predicted molar refractivity (Wildman–Crippen MR) is 87.2 cm³/mol. The minimum Gasteiger partial charge on any atom is -0.465 e. The van der Waals surface area contributed by atoms with E-state index in [-0.39, 0.29) is 17.7 Å². The first-order valence-corrected chi connectivity index (χ1v) is 8.05. The monoisotopic (exact) mass is 300 g/mol. The molecule has 0 radical (unpaired) electrons. The number of allylic oxidation sites excluding steroid dienone is 1. The summed E-state index contributed by atoms with van der Waals surface area (Å²) in [5.41, 5.74) is 0.0659. The van der Waals surface area contributed by atoms with E-state index in [1.54, 1.807) is 6.92 Å². The summed E-state index contributed by atoms with van der Waals surface area (Å²) in [5.74, 6) is -0.494. The highest BCUT2D eigenvalue weighted by Gasteiger charge is 2.51. The van der Waals surface area contributed by atoms with Gasteiger partial charge in [-0.05, 0) is 31.2 Å². The smallest absolute Gasteiger partial charge is 0.320 e. The van der Waals surface area contributed by atoms with Crippen LogP contribution in [0.2, 0.25) is 0 Å². The van der Waals surface area contributed by atoms with Gasteiger partial charge in [-0.15, -0.1) is 0 Å². The lowest BCUT2D eigenvalue weighted by molar-refractivity contribution is -0.165. The number of Topliss-reactive ketones (excluding diaryl/α,β-unsaturated/α-hetero) is 1. The fourth-order valence-corrected chi connectivity index (χ4v) is 3.18. The molecule has 0 spiro atoms. The van der Waals surface area contributed by atoms with E-state index in [1.165, 1.54) is 0 Å². The fraction of sp³-hybridized carbons (Fsp3) is 0.474. The molecule has 1 fully saturated rings. The van der Waals surface area contributed by atoms with E-state index in [1.807, 2.05) is 49.4 Å². The Kier molecular flexibility index (Phi) is 5.53. The van der Waals surface area contributed by atoms with Crippen LogP contribution in [-0.4, -0.2) is 18.4 Å². The van der Waals surface area contributed by atoms with Crippen LogP contribution >= 0.6 is 0 Å². The zero-order valence-corrected chi connectivity index (χ0v) is 13.4. The molecule has 118 valence electrons. The second-order valence-corrected chi connectivity index (χ2v) is 5.88. The molecule has 0 N–H and O–H groups in total. The van der Waals surface area contributed by atoms with Crippen molar-refractivity contribution in [3.05, 3.63) is 42.0 Å². The molecule has 0 saturated heterocycles. The topological polar surface area (TPSA) is 43.4 Å². The Labute approximate surface area is 132 Å². The van der Waals surface area contributed by atoms with Crippen LogP contribution in [0.1, 0.15) is 45.1 Å². The Morgan fingerprint density at radius 1 is 1.32 bits per heavy atom. The van der Waals surface area contributed by atoms with Crippen LogP contribution in [0.25, 0.3) is 6.08 Å². The second kappa shape index (κ2) is 7.39. The number of ether oxygens (including phenoxy) is 1. The van der Waals surface area contributed by atoms with Gasteiger partial charge in [-0.25, -0.2) is 0 Å². The van der Waals surface area contributed by atoms with Crippen LogP contribution in [0.4, 0.5) is 0 Å². The second-order valence-electron chi connectivity index (χ2n) is 5.88. The van der Waals surface area contributed by atoms with Crippen LogP contribution in [-0.2, 0) is 14.3 Å². The molecule has 2 rings (SSSR count). The first-order chi connectivity index (χ1) is 10.6. The summed E-state index contributed by atoms with van der Waals surface area (Å²) in [7, 11) is 0. The first kappa shape index (κ1) is 16.5. The van der Waals surface area contributed by atoms with Gasteiger partial charge >= 0.3 is 5.97 Å². The van der Waals surface area contributed by atoms with E-state index < -0.39 is 5.41 Å². The largest absolute Gasteiger partial charge is 0.465 e. The molecule has 0 unspecified atom stereocenters. The molecule has 1 saturated carbocycles. The maximum Gasteiger partial charge on any atom is 0.320 e. The highest BCUT2D eigenvalue weighted by atomic mass is 16.5. The Bertz CT molecular complexity index is 547. The minimum atomic E-state index is -1.00. The average Bonchev–Trinajstić information content (AvgIpc) is 2.54. The number of carbonyl (C=O) groups is 2. The molecule has 2 atom stereocenters. The average molecular weight is 300 g/mol. The van der Waals surface area contributed by atoms with Crippen molar-refractivity contribution in [3.8, 4) is 0 Å². The first-order valence-electron chi connectivity index (χ1n) is 8.05. The van der Waals surface area contributed by atoms with Crippen LogP contribution < -0.4 is 0 Å². The summed E-state index contributed by atoms with van der Waals surface area (Å²) in [5, 5.41) is 0. The van der Waals surface area contributed by atoms with Crippen molar-refractivity contribution >= 4 is 17.8 Å². The zero-order valence-electron chi connectivity index (χ0n) is 13.4. The normalized spacial score (nSPS) is 23.5. The van der Waals surface area contributed by atoms with Gasteiger partial charge in [-0.3, -0.25) is 9.59 Å². The third kappa shape index (κ3) is 3.29. The summed E-state index contributed by atoms with van der Waals surface area (Å²) in [6.45, 7) is 4.03. The summed E-state index contributed by atoms with van der Waals surface area (Å²) in [4.78, 5) is 25.1. The van der Waals surface area contributed by atoms with Crippen molar-refractivity contribution in [1.29, 1.82) is 0 Å². The van der Waals surface area contributed by atoms with Crippen molar-refractivity contribution < 1.29 is 14.3 Å². The number of esters is 1. The summed E-state index contributed by atoms with van der Waals surface area (Å²) >= 11 is 0. The quantitative estimate of drug-likeness (QED) is 0.609. The molecule has 0 amide bonds. The van der Waals surface area contributed by atoms with Gasteiger partial charge in [-0.2, -0.15) is 0 Å². The molecule has 0 bridgehead atoms. The molecule has 0 aliphatic heterocycles. The van der Waals surface area contributed by atoms with Crippen molar-refractivity contribution in [2.24, 2.45) is 11.3 Å². The van der Waals surface area contributed by atoms with Crippen molar-refractivity contribution in [2.45, 2.75) is 39.5 Å². The van der Waals surface area contributed by atoms with E-state index in [0.717, 1.165) is 18.4 Å². The lowest BCUT2D eigenvalue weighted by Crippen LogP contribution is -2.47. The van der Waals surface area contributed by atoms with Gasteiger partial charge in [0.05, 0.1) is 6.61 Å². The van der Waals surface area contributed by atoms with Crippen LogP contribution in [0.15, 0.2) is 36.4 Å². The van der Waals surface area contributed by atoms with Gasteiger partial charge in [0.2, 0.25) is 0 Å². The van der Waals surface area contributed by atoms with Gasteiger partial charge in [0.15, 0.2) is 5.78 Å². The van der Waals surface area contributed by atoms with E-state index in [0.29, 0.717) is 19.4 Å². The molecule has 0 aromatic heterocycles. The molecule has 1 aliphatic carbocycles. The molecule has 22 heavy (non-hydrogen) atoms. The molecular formula is C19H24O3. The predicted octanol–water partition coefficient (Wildman–Crippen LogP) is 4.03. The Hall–Kier alpha value is -1.90. The zero-order chi connectivity index (χ0) is 16.0. The number of hydrogen-bond donors (Lipinski definition) is 0. The fourth-order valence-electron chi connectivity index (χ4n) is 3.18. The molecule has 3 nitrogen and oxygen atoms in total. The number of hydrogen-bond acceptors (Lipinski definition) is 3. The minimum absolute atomic E-state index is 0.0300. The SMILES string of the molecule is CCOC(=O)[C@@]1([C@H](C)/C=C/c2ccccc2)CCCCC1=O. The van der Waals surface area contributed by atoms with Crippen molar-refractivity contribution in [1.82, 2.24) is 0 Å². The van der Waals surface area contributed by atoms with Gasteiger partial charge < -0.3 is 4.74 Å². The molecule has 1 aromatic rings. The van der Waals surface area contributed by atoms with Gasteiger partial charge in [0, 0.05) is 6.42 Å². The molecule has 1 aliphatic rings. The van der Waals surface area contributed by atoms with Crippen LogP contribution in [0.5, 0.6) is 0 Å². The molecular weight excluding hydrogens is 276 g/mol. The van der Waals surface area contributed by atoms with Gasteiger partial charge in [0.25, 0.3) is 0 Å². The Morgan fingerprint density at radius 3 is 2.68 bits per heavy atom. The molecule has 0 heterocycles. The lowest BCUT2D eigenvalue weighted by atomic mass is 9.65. The van der Waals surface area contributed by atoms with E-state index in [2.05, 4.69) is 0 Å². The van der Waals surface area contributed by atoms with E-state index in [4.69, 9.17) is 4.74 Å². The van der Waals surface area contributed by atoms with Gasteiger partial charge in [0.1, 0.15) is 5.41 Å². The summed E-state index contributed by atoms with van der Waals surface area (Å²) in [6, 6.07) is 9.91. The van der Waals surface area contributed by atoms with E-state index >= 15 is 0 Å². The maximum atomic E-state index is 12.6. The lowest BCUT2D eigenvalue weighted by Gasteiger charge is -2.37.